The van der Waals surface area contributed by atoms with E-state index in [1.165, 1.54) is 0 Å². The number of rotatable bonds is 3. The highest BCUT2D eigenvalue weighted by Crippen LogP contribution is 2.13. The Balaban J connectivity index is 2.24. The molecule has 0 saturated heterocycles. The first-order chi connectivity index (χ1) is 7.65. The van der Waals surface area contributed by atoms with E-state index in [2.05, 4.69) is 5.10 Å². The average Bonchev–Trinajstić information content (AvgIpc) is 2.66. The van der Waals surface area contributed by atoms with Crippen LogP contribution >= 0.6 is 0 Å². The smallest absolute Gasteiger partial charge is 0.309 e. The normalized spacial score (nSPS) is 10.2. The molecule has 0 aliphatic carbocycles. The van der Waals surface area contributed by atoms with Gasteiger partial charge in [-0.1, -0.05) is 0 Å². The minimum atomic E-state index is -0.907. The first-order valence-electron chi connectivity index (χ1n) is 4.71. The summed E-state index contributed by atoms with van der Waals surface area (Å²) in [5.74, 6) is -0.724. The minimum absolute atomic E-state index is 0.0922. The topological polar surface area (TPSA) is 75.3 Å². The quantitative estimate of drug-likeness (QED) is 0.811. The summed E-state index contributed by atoms with van der Waals surface area (Å²) >= 11 is 0. The Labute approximate surface area is 91.6 Å². The van der Waals surface area contributed by atoms with Crippen molar-refractivity contribution in [2.24, 2.45) is 0 Å². The van der Waals surface area contributed by atoms with Crippen LogP contribution in [0.2, 0.25) is 0 Å². The third-order valence-corrected chi connectivity index (χ3v) is 2.09. The van der Waals surface area contributed by atoms with Crippen LogP contribution in [0.5, 0.6) is 5.75 Å². The maximum atomic E-state index is 10.5. The molecule has 1 aromatic heterocycles. The van der Waals surface area contributed by atoms with E-state index >= 15 is 0 Å². The van der Waals surface area contributed by atoms with Crippen molar-refractivity contribution in [1.29, 1.82) is 0 Å². The zero-order valence-corrected chi connectivity index (χ0v) is 8.37. The summed E-state index contributed by atoms with van der Waals surface area (Å²) in [5, 5.41) is 21.8. The van der Waals surface area contributed by atoms with Crippen LogP contribution in [0.3, 0.4) is 0 Å². The third kappa shape index (κ3) is 2.20. The van der Waals surface area contributed by atoms with Gasteiger partial charge in [-0.05, 0) is 30.3 Å². The lowest BCUT2D eigenvalue weighted by Crippen LogP contribution is -2.02. The van der Waals surface area contributed by atoms with Crippen molar-refractivity contribution in [1.82, 2.24) is 9.78 Å². The van der Waals surface area contributed by atoms with Gasteiger partial charge in [-0.2, -0.15) is 5.10 Å². The molecule has 2 N–H and O–H groups in total. The van der Waals surface area contributed by atoms with Gasteiger partial charge in [0, 0.05) is 6.20 Å². The van der Waals surface area contributed by atoms with Crippen molar-refractivity contribution in [2.45, 2.75) is 6.42 Å². The molecule has 0 radical (unpaired) electrons. The van der Waals surface area contributed by atoms with E-state index in [9.17, 15) is 4.79 Å². The number of aromatic nitrogens is 2. The lowest BCUT2D eigenvalue weighted by Gasteiger charge is -2.00. The largest absolute Gasteiger partial charge is 0.508 e. The summed E-state index contributed by atoms with van der Waals surface area (Å²) in [6, 6.07) is 8.16. The molecule has 5 heteroatoms. The summed E-state index contributed by atoms with van der Waals surface area (Å²) in [5.41, 5.74) is 1.27. The number of aliphatic carboxylic acids is 1. The number of carboxylic acids is 1. The molecule has 0 fully saturated rings. The first-order valence-corrected chi connectivity index (χ1v) is 4.71. The summed E-state index contributed by atoms with van der Waals surface area (Å²) in [7, 11) is 0. The number of nitrogens with zero attached hydrogens (tertiary/aromatic N) is 2. The zero-order chi connectivity index (χ0) is 11.5. The Morgan fingerprint density at radius 3 is 2.56 bits per heavy atom. The highest BCUT2D eigenvalue weighted by molar-refractivity contribution is 5.69. The fourth-order valence-electron chi connectivity index (χ4n) is 1.36. The molecular weight excluding hydrogens is 208 g/mol. The predicted octanol–water partition coefficient (Wildman–Crippen LogP) is 1.20. The van der Waals surface area contributed by atoms with Crippen LogP contribution in [-0.2, 0) is 11.2 Å². The summed E-state index contributed by atoms with van der Waals surface area (Å²) in [6.07, 6.45) is 1.59. The number of carboxylic acid groups (broad SMARTS) is 1. The molecular formula is C11H10N2O3. The first kappa shape index (κ1) is 10.2. The van der Waals surface area contributed by atoms with Crippen LogP contribution in [0.25, 0.3) is 5.69 Å². The van der Waals surface area contributed by atoms with Crippen LogP contribution in [-0.4, -0.2) is 26.0 Å². The fraction of sp³-hybridized carbons (Fsp3) is 0.0909. The molecule has 0 saturated carbocycles. The van der Waals surface area contributed by atoms with Crippen molar-refractivity contribution in [3.63, 3.8) is 0 Å². The van der Waals surface area contributed by atoms with E-state index in [0.717, 1.165) is 5.69 Å². The molecule has 0 spiro atoms. The number of phenolic OH excluding ortho intramolecular Hbond substituents is 1. The second-order valence-electron chi connectivity index (χ2n) is 3.34. The van der Waals surface area contributed by atoms with Crippen molar-refractivity contribution < 1.29 is 15.0 Å². The molecule has 0 atom stereocenters. The monoisotopic (exact) mass is 218 g/mol. The van der Waals surface area contributed by atoms with Crippen LogP contribution < -0.4 is 0 Å². The van der Waals surface area contributed by atoms with Gasteiger partial charge in [-0.3, -0.25) is 4.79 Å². The van der Waals surface area contributed by atoms with E-state index < -0.39 is 5.97 Å². The fourth-order valence-corrected chi connectivity index (χ4v) is 1.36. The molecule has 1 aromatic carbocycles. The standard InChI is InChI=1S/C11H10N2O3/c14-10-3-1-9(2-4-10)13-6-5-8(12-13)7-11(15)16/h1-6,14H,7H2,(H,15,16). The second kappa shape index (κ2) is 4.06. The molecule has 0 bridgehead atoms. The summed E-state index contributed by atoms with van der Waals surface area (Å²) < 4.78 is 1.57. The highest BCUT2D eigenvalue weighted by atomic mass is 16.4. The Hall–Kier alpha value is -2.30. The van der Waals surface area contributed by atoms with E-state index in [1.807, 2.05) is 0 Å². The number of hydrogen-bond donors (Lipinski definition) is 2. The van der Waals surface area contributed by atoms with Gasteiger partial charge in [0.15, 0.2) is 0 Å². The molecule has 0 aliphatic heterocycles. The van der Waals surface area contributed by atoms with E-state index in [-0.39, 0.29) is 12.2 Å². The third-order valence-electron chi connectivity index (χ3n) is 2.09. The Kier molecular flexibility index (Phi) is 2.59. The van der Waals surface area contributed by atoms with E-state index in [1.54, 1.807) is 41.2 Å². The van der Waals surface area contributed by atoms with Gasteiger partial charge in [-0.15, -0.1) is 0 Å². The Morgan fingerprint density at radius 2 is 1.94 bits per heavy atom. The van der Waals surface area contributed by atoms with Crippen molar-refractivity contribution in [3.8, 4) is 11.4 Å². The van der Waals surface area contributed by atoms with Crippen molar-refractivity contribution in [3.05, 3.63) is 42.2 Å². The van der Waals surface area contributed by atoms with E-state index in [0.29, 0.717) is 5.69 Å². The summed E-state index contributed by atoms with van der Waals surface area (Å²) in [4.78, 5) is 10.5. The molecule has 0 aliphatic rings. The highest BCUT2D eigenvalue weighted by Gasteiger charge is 2.05. The number of hydrogen-bond acceptors (Lipinski definition) is 3. The zero-order valence-electron chi connectivity index (χ0n) is 8.37. The van der Waals surface area contributed by atoms with Gasteiger partial charge >= 0.3 is 5.97 Å². The van der Waals surface area contributed by atoms with Gasteiger partial charge in [0.2, 0.25) is 0 Å². The van der Waals surface area contributed by atoms with Gasteiger partial charge in [-0.25, -0.2) is 4.68 Å². The second-order valence-corrected chi connectivity index (χ2v) is 3.34. The number of aromatic hydroxyl groups is 1. The van der Waals surface area contributed by atoms with Gasteiger partial charge in [0.05, 0.1) is 17.8 Å². The molecule has 5 nitrogen and oxygen atoms in total. The molecule has 82 valence electrons. The van der Waals surface area contributed by atoms with Gasteiger partial charge < -0.3 is 10.2 Å². The van der Waals surface area contributed by atoms with Crippen LogP contribution in [0.15, 0.2) is 36.5 Å². The molecule has 16 heavy (non-hydrogen) atoms. The van der Waals surface area contributed by atoms with E-state index in [4.69, 9.17) is 10.2 Å². The predicted molar refractivity (Wildman–Crippen MR) is 56.6 cm³/mol. The Morgan fingerprint density at radius 1 is 1.25 bits per heavy atom. The van der Waals surface area contributed by atoms with Crippen LogP contribution in [0.4, 0.5) is 0 Å². The average molecular weight is 218 g/mol. The minimum Gasteiger partial charge on any atom is -0.508 e. The summed E-state index contributed by atoms with van der Waals surface area (Å²) in [6.45, 7) is 0. The lowest BCUT2D eigenvalue weighted by molar-refractivity contribution is -0.136. The van der Waals surface area contributed by atoms with Crippen LogP contribution in [0, 0.1) is 0 Å². The molecule has 0 amide bonds. The SMILES string of the molecule is O=C(O)Cc1ccn(-c2ccc(O)cc2)n1. The molecule has 2 aromatic rings. The molecule has 1 heterocycles. The maximum Gasteiger partial charge on any atom is 0.309 e. The van der Waals surface area contributed by atoms with Gasteiger partial charge in [0.25, 0.3) is 0 Å². The van der Waals surface area contributed by atoms with Crippen LogP contribution in [0.1, 0.15) is 5.69 Å². The van der Waals surface area contributed by atoms with Crippen molar-refractivity contribution >= 4 is 5.97 Å². The number of carbonyl (C=O) groups is 1. The lowest BCUT2D eigenvalue weighted by atomic mass is 10.3. The van der Waals surface area contributed by atoms with Gasteiger partial charge in [0.1, 0.15) is 5.75 Å². The number of phenols is 1. The maximum absolute atomic E-state index is 10.5. The number of benzene rings is 1. The molecule has 0 unspecified atom stereocenters. The Bertz CT molecular complexity index is 502. The van der Waals surface area contributed by atoms with Crippen molar-refractivity contribution in [2.75, 3.05) is 0 Å². The molecule has 2 rings (SSSR count).